The number of likely N-dealkylation sites (tertiary alicyclic amines) is 1. The van der Waals surface area contributed by atoms with E-state index in [1.165, 1.54) is 0 Å². The first-order chi connectivity index (χ1) is 7.22. The Morgan fingerprint density at radius 1 is 1.20 bits per heavy atom. The molecule has 0 bridgehead atoms. The topological polar surface area (TPSA) is 75.4 Å². The molecule has 3 N–H and O–H groups in total. The molecule has 0 aromatic heterocycles. The molecule has 15 heavy (non-hydrogen) atoms. The van der Waals surface area contributed by atoms with Gasteiger partial charge in [-0.1, -0.05) is 0 Å². The Labute approximate surface area is 89.0 Å². The number of hydrogen-bond donors (Lipinski definition) is 2. The molecule has 0 radical (unpaired) electrons. The minimum absolute atomic E-state index is 0.119. The van der Waals surface area contributed by atoms with Gasteiger partial charge in [0.1, 0.15) is 0 Å². The van der Waals surface area contributed by atoms with E-state index in [4.69, 9.17) is 5.84 Å². The van der Waals surface area contributed by atoms with Crippen LogP contribution in [0.25, 0.3) is 0 Å². The van der Waals surface area contributed by atoms with E-state index in [1.807, 2.05) is 4.90 Å². The van der Waals surface area contributed by atoms with Crippen LogP contribution in [0.4, 0.5) is 0 Å². The van der Waals surface area contributed by atoms with Gasteiger partial charge in [-0.15, -0.1) is 0 Å². The van der Waals surface area contributed by atoms with Crippen molar-refractivity contribution < 1.29 is 9.59 Å². The maximum absolute atomic E-state index is 11.8. The normalized spacial score (nSPS) is 26.2. The standard InChI is InChI=1S/C10H17N3O2/c11-12-9(14)8-2-1-5-13(6-8)10(15)7-3-4-7/h7-8H,1-6,11H2,(H,12,14). The highest BCUT2D eigenvalue weighted by atomic mass is 16.2. The largest absolute Gasteiger partial charge is 0.342 e. The lowest BCUT2D eigenvalue weighted by atomic mass is 9.97. The Bertz CT molecular complexity index is 276. The number of hydrazine groups is 1. The van der Waals surface area contributed by atoms with Crippen molar-refractivity contribution in [3.05, 3.63) is 0 Å². The van der Waals surface area contributed by atoms with E-state index in [0.29, 0.717) is 6.54 Å². The second-order valence-corrected chi connectivity index (χ2v) is 4.41. The van der Waals surface area contributed by atoms with E-state index in [0.717, 1.165) is 32.2 Å². The van der Waals surface area contributed by atoms with Crippen LogP contribution in [0.3, 0.4) is 0 Å². The molecular formula is C10H17N3O2. The summed E-state index contributed by atoms with van der Waals surface area (Å²) in [6, 6.07) is 0. The van der Waals surface area contributed by atoms with Crippen molar-refractivity contribution in [3.8, 4) is 0 Å². The molecule has 84 valence electrons. The Kier molecular flexibility index (Phi) is 2.90. The van der Waals surface area contributed by atoms with Crippen molar-refractivity contribution in [3.63, 3.8) is 0 Å². The van der Waals surface area contributed by atoms with Gasteiger partial charge in [0.25, 0.3) is 0 Å². The minimum Gasteiger partial charge on any atom is -0.342 e. The van der Waals surface area contributed by atoms with Gasteiger partial charge in [-0.05, 0) is 25.7 Å². The monoisotopic (exact) mass is 211 g/mol. The fourth-order valence-corrected chi connectivity index (χ4v) is 2.10. The van der Waals surface area contributed by atoms with Crippen molar-refractivity contribution in [1.29, 1.82) is 0 Å². The number of amides is 2. The quantitative estimate of drug-likeness (QED) is 0.371. The first-order valence-electron chi connectivity index (χ1n) is 5.51. The lowest BCUT2D eigenvalue weighted by Gasteiger charge is -2.31. The van der Waals surface area contributed by atoms with Gasteiger partial charge in [0.15, 0.2) is 0 Å². The third kappa shape index (κ3) is 2.28. The lowest BCUT2D eigenvalue weighted by molar-refractivity contribution is -0.136. The summed E-state index contributed by atoms with van der Waals surface area (Å²) in [7, 11) is 0. The summed E-state index contributed by atoms with van der Waals surface area (Å²) in [6.45, 7) is 1.34. The van der Waals surface area contributed by atoms with Crippen LogP contribution in [0.5, 0.6) is 0 Å². The number of carbonyl (C=O) groups is 2. The first-order valence-corrected chi connectivity index (χ1v) is 5.51. The highest BCUT2D eigenvalue weighted by Gasteiger charge is 2.36. The molecule has 1 heterocycles. The van der Waals surface area contributed by atoms with Crippen LogP contribution in [0.1, 0.15) is 25.7 Å². The molecule has 1 aliphatic heterocycles. The molecule has 1 unspecified atom stereocenters. The summed E-state index contributed by atoms with van der Waals surface area (Å²) in [6.07, 6.45) is 3.76. The zero-order valence-corrected chi connectivity index (χ0v) is 8.74. The molecule has 2 rings (SSSR count). The van der Waals surface area contributed by atoms with Crippen LogP contribution in [-0.2, 0) is 9.59 Å². The van der Waals surface area contributed by atoms with Crippen molar-refractivity contribution >= 4 is 11.8 Å². The van der Waals surface area contributed by atoms with Crippen LogP contribution in [0, 0.1) is 11.8 Å². The third-order valence-electron chi connectivity index (χ3n) is 3.17. The predicted molar refractivity (Wildman–Crippen MR) is 54.4 cm³/mol. The van der Waals surface area contributed by atoms with E-state index in [-0.39, 0.29) is 23.7 Å². The van der Waals surface area contributed by atoms with Crippen molar-refractivity contribution in [2.75, 3.05) is 13.1 Å². The Hall–Kier alpha value is -1.10. The van der Waals surface area contributed by atoms with E-state index in [1.54, 1.807) is 0 Å². The zero-order valence-electron chi connectivity index (χ0n) is 8.74. The summed E-state index contributed by atoms with van der Waals surface area (Å²) < 4.78 is 0. The maximum Gasteiger partial charge on any atom is 0.238 e. The van der Waals surface area contributed by atoms with Crippen LogP contribution in [-0.4, -0.2) is 29.8 Å². The van der Waals surface area contributed by atoms with E-state index >= 15 is 0 Å². The Balaban J connectivity index is 1.91. The molecule has 1 atom stereocenters. The smallest absolute Gasteiger partial charge is 0.238 e. The third-order valence-corrected chi connectivity index (χ3v) is 3.17. The fourth-order valence-electron chi connectivity index (χ4n) is 2.10. The molecule has 2 amide bonds. The van der Waals surface area contributed by atoms with Gasteiger partial charge in [-0.2, -0.15) is 0 Å². The molecule has 2 aliphatic rings. The Morgan fingerprint density at radius 2 is 1.93 bits per heavy atom. The lowest BCUT2D eigenvalue weighted by Crippen LogP contribution is -2.47. The van der Waals surface area contributed by atoms with Gasteiger partial charge in [0, 0.05) is 19.0 Å². The summed E-state index contributed by atoms with van der Waals surface area (Å²) >= 11 is 0. The fraction of sp³-hybridized carbons (Fsp3) is 0.800. The molecule has 5 heteroatoms. The average Bonchev–Trinajstić information content (AvgIpc) is 3.11. The number of nitrogens with one attached hydrogen (secondary N) is 1. The highest BCUT2D eigenvalue weighted by Crippen LogP contribution is 2.32. The summed E-state index contributed by atoms with van der Waals surface area (Å²) in [5.74, 6) is 5.29. The number of nitrogens with zero attached hydrogens (tertiary/aromatic N) is 1. The van der Waals surface area contributed by atoms with Crippen LogP contribution in [0.2, 0.25) is 0 Å². The molecule has 0 spiro atoms. The number of rotatable bonds is 2. The van der Waals surface area contributed by atoms with Gasteiger partial charge < -0.3 is 4.90 Å². The second kappa shape index (κ2) is 4.18. The van der Waals surface area contributed by atoms with Crippen molar-refractivity contribution in [2.24, 2.45) is 17.7 Å². The van der Waals surface area contributed by atoms with Crippen molar-refractivity contribution in [1.82, 2.24) is 10.3 Å². The van der Waals surface area contributed by atoms with Crippen molar-refractivity contribution in [2.45, 2.75) is 25.7 Å². The van der Waals surface area contributed by atoms with Gasteiger partial charge in [0.2, 0.25) is 11.8 Å². The highest BCUT2D eigenvalue weighted by molar-refractivity contribution is 5.83. The van der Waals surface area contributed by atoms with Crippen LogP contribution < -0.4 is 11.3 Å². The number of hydrogen-bond acceptors (Lipinski definition) is 3. The number of nitrogens with two attached hydrogens (primary N) is 1. The molecule has 0 aromatic carbocycles. The van der Waals surface area contributed by atoms with Gasteiger partial charge in [0.05, 0.1) is 5.92 Å². The summed E-state index contributed by atoms with van der Waals surface area (Å²) in [4.78, 5) is 24.9. The summed E-state index contributed by atoms with van der Waals surface area (Å²) in [5.41, 5.74) is 2.16. The van der Waals surface area contributed by atoms with E-state index in [2.05, 4.69) is 5.43 Å². The molecule has 1 saturated carbocycles. The molecular weight excluding hydrogens is 194 g/mol. The maximum atomic E-state index is 11.8. The number of carbonyl (C=O) groups excluding carboxylic acids is 2. The first kappa shape index (κ1) is 10.4. The summed E-state index contributed by atoms with van der Waals surface area (Å²) in [5, 5.41) is 0. The van der Waals surface area contributed by atoms with Gasteiger partial charge in [-0.3, -0.25) is 15.0 Å². The minimum atomic E-state index is -0.150. The SMILES string of the molecule is NNC(=O)C1CCCN(C(=O)C2CC2)C1. The molecule has 1 aliphatic carbocycles. The zero-order chi connectivity index (χ0) is 10.8. The van der Waals surface area contributed by atoms with Gasteiger partial charge >= 0.3 is 0 Å². The Morgan fingerprint density at radius 3 is 2.53 bits per heavy atom. The second-order valence-electron chi connectivity index (χ2n) is 4.41. The number of piperidine rings is 1. The molecule has 2 fully saturated rings. The molecule has 0 aromatic rings. The van der Waals surface area contributed by atoms with Gasteiger partial charge in [-0.25, -0.2) is 5.84 Å². The van der Waals surface area contributed by atoms with Crippen LogP contribution >= 0.6 is 0 Å². The van der Waals surface area contributed by atoms with E-state index in [9.17, 15) is 9.59 Å². The predicted octanol–water partition coefficient (Wildman–Crippen LogP) is -0.375. The van der Waals surface area contributed by atoms with Crippen LogP contribution in [0.15, 0.2) is 0 Å². The average molecular weight is 211 g/mol. The molecule has 1 saturated heterocycles. The molecule has 5 nitrogen and oxygen atoms in total. The van der Waals surface area contributed by atoms with E-state index < -0.39 is 0 Å².